The van der Waals surface area contributed by atoms with E-state index >= 15 is 0 Å². The van der Waals surface area contributed by atoms with Crippen molar-refractivity contribution < 1.29 is 0 Å². The van der Waals surface area contributed by atoms with Gasteiger partial charge in [0.15, 0.2) is 0 Å². The van der Waals surface area contributed by atoms with Crippen LogP contribution in [0.5, 0.6) is 0 Å². The van der Waals surface area contributed by atoms with Crippen LogP contribution < -0.4 is 0 Å². The molecule has 0 saturated heterocycles. The fraction of sp³-hybridized carbons (Fsp3) is 0.111. The summed E-state index contributed by atoms with van der Waals surface area (Å²) in [6.45, 7) is 0. The summed E-state index contributed by atoms with van der Waals surface area (Å²) < 4.78 is 0. The number of hydrogen-bond acceptors (Lipinski definition) is 0. The standard InChI is InChI=1S/C9H7S/c10-9-6-5-7-3-1-2-4-8(7)9/h1-6,9H. The first-order chi connectivity index (χ1) is 4.88. The lowest BCUT2D eigenvalue weighted by atomic mass is 10.1. The average molecular weight is 147 g/mol. The second-order valence-corrected chi connectivity index (χ2v) is 2.92. The van der Waals surface area contributed by atoms with Crippen molar-refractivity contribution in [3.05, 3.63) is 41.5 Å². The van der Waals surface area contributed by atoms with Gasteiger partial charge in [-0.2, -0.15) is 0 Å². The van der Waals surface area contributed by atoms with Crippen LogP contribution in [-0.2, 0) is 0 Å². The van der Waals surface area contributed by atoms with Gasteiger partial charge in [0.25, 0.3) is 0 Å². The van der Waals surface area contributed by atoms with Gasteiger partial charge in [0.1, 0.15) is 0 Å². The molecule has 0 nitrogen and oxygen atoms in total. The Labute approximate surface area is 66.0 Å². The quantitative estimate of drug-likeness (QED) is 0.529. The molecule has 0 saturated carbocycles. The van der Waals surface area contributed by atoms with Crippen LogP contribution in [0.25, 0.3) is 6.08 Å². The Morgan fingerprint density at radius 2 is 2.00 bits per heavy atom. The highest BCUT2D eigenvalue weighted by Gasteiger charge is 2.11. The Hall–Kier alpha value is -0.690. The summed E-state index contributed by atoms with van der Waals surface area (Å²) in [5.41, 5.74) is 2.56. The third-order valence-corrected chi connectivity index (χ3v) is 2.16. The first-order valence-electron chi connectivity index (χ1n) is 3.31. The normalized spacial score (nSPS) is 21.1. The van der Waals surface area contributed by atoms with Gasteiger partial charge in [-0.15, -0.1) is 0 Å². The third kappa shape index (κ3) is 0.781. The van der Waals surface area contributed by atoms with Crippen molar-refractivity contribution in [1.29, 1.82) is 0 Å². The van der Waals surface area contributed by atoms with Gasteiger partial charge in [0, 0.05) is 0 Å². The summed E-state index contributed by atoms with van der Waals surface area (Å²) in [6, 6.07) is 8.26. The molecule has 2 rings (SSSR count). The van der Waals surface area contributed by atoms with Crippen LogP contribution in [0.1, 0.15) is 16.4 Å². The SMILES string of the molecule is [S]C1C=Cc2ccccc21. The maximum absolute atomic E-state index is 5.17. The van der Waals surface area contributed by atoms with Crippen molar-refractivity contribution in [2.45, 2.75) is 5.25 Å². The molecule has 0 spiro atoms. The molecule has 1 heteroatoms. The molecule has 0 amide bonds. The van der Waals surface area contributed by atoms with Gasteiger partial charge in [-0.25, -0.2) is 0 Å². The van der Waals surface area contributed by atoms with Crippen molar-refractivity contribution in [3.63, 3.8) is 0 Å². The zero-order valence-electron chi connectivity index (χ0n) is 5.45. The predicted molar refractivity (Wildman–Crippen MR) is 45.8 cm³/mol. The fourth-order valence-corrected chi connectivity index (χ4v) is 1.51. The monoisotopic (exact) mass is 147 g/mol. The number of hydrogen-bond donors (Lipinski definition) is 0. The maximum atomic E-state index is 5.17. The second kappa shape index (κ2) is 2.17. The molecular formula is C9H7S. The van der Waals surface area contributed by atoms with Crippen molar-refractivity contribution in [2.24, 2.45) is 0 Å². The molecule has 0 N–H and O–H groups in total. The van der Waals surface area contributed by atoms with Crippen molar-refractivity contribution >= 4 is 18.7 Å². The first kappa shape index (κ1) is 6.05. The minimum absolute atomic E-state index is 0.205. The zero-order chi connectivity index (χ0) is 6.97. The smallest absolute Gasteiger partial charge is 0.0590 e. The summed E-state index contributed by atoms with van der Waals surface area (Å²) in [4.78, 5) is 0. The number of fused-ring (bicyclic) bond motifs is 1. The van der Waals surface area contributed by atoms with Gasteiger partial charge in [-0.05, 0) is 11.1 Å². The number of benzene rings is 1. The molecule has 1 aromatic rings. The highest BCUT2D eigenvalue weighted by Crippen LogP contribution is 2.31. The van der Waals surface area contributed by atoms with Crippen LogP contribution in [0.2, 0.25) is 0 Å². The number of rotatable bonds is 0. The van der Waals surface area contributed by atoms with E-state index in [9.17, 15) is 0 Å². The molecule has 10 heavy (non-hydrogen) atoms. The molecule has 1 radical (unpaired) electrons. The van der Waals surface area contributed by atoms with Crippen LogP contribution in [0.3, 0.4) is 0 Å². The molecule has 1 aromatic carbocycles. The molecule has 1 atom stereocenters. The van der Waals surface area contributed by atoms with E-state index in [1.165, 1.54) is 11.1 Å². The largest absolute Gasteiger partial charge is 0.0807 e. The van der Waals surface area contributed by atoms with Gasteiger partial charge in [0.2, 0.25) is 0 Å². The zero-order valence-corrected chi connectivity index (χ0v) is 6.27. The molecule has 1 aliphatic rings. The lowest BCUT2D eigenvalue weighted by molar-refractivity contribution is 1.28. The maximum Gasteiger partial charge on any atom is 0.0590 e. The molecule has 0 bridgehead atoms. The van der Waals surface area contributed by atoms with Crippen LogP contribution in [0.4, 0.5) is 0 Å². The molecule has 49 valence electrons. The van der Waals surface area contributed by atoms with Crippen molar-refractivity contribution in [1.82, 2.24) is 0 Å². The Bertz CT molecular complexity index is 276. The van der Waals surface area contributed by atoms with E-state index in [1.54, 1.807) is 0 Å². The lowest BCUT2D eigenvalue weighted by Crippen LogP contribution is -1.81. The summed E-state index contributed by atoms with van der Waals surface area (Å²) >= 11 is 5.17. The summed E-state index contributed by atoms with van der Waals surface area (Å²) in [6.07, 6.45) is 4.15. The molecule has 0 aromatic heterocycles. The Balaban J connectivity index is 2.59. The van der Waals surface area contributed by atoms with E-state index in [-0.39, 0.29) is 5.25 Å². The van der Waals surface area contributed by atoms with Crippen LogP contribution in [0.15, 0.2) is 30.3 Å². The van der Waals surface area contributed by atoms with E-state index in [2.05, 4.69) is 24.3 Å². The average Bonchev–Trinajstić information content (AvgIpc) is 2.34. The lowest BCUT2D eigenvalue weighted by Gasteiger charge is -1.99. The van der Waals surface area contributed by atoms with E-state index < -0.39 is 0 Å². The van der Waals surface area contributed by atoms with Gasteiger partial charge in [-0.1, -0.05) is 49.0 Å². The highest BCUT2D eigenvalue weighted by atomic mass is 32.1. The van der Waals surface area contributed by atoms with Gasteiger partial charge in [0.05, 0.1) is 5.25 Å². The fourth-order valence-electron chi connectivity index (χ4n) is 1.22. The molecule has 1 unspecified atom stereocenters. The van der Waals surface area contributed by atoms with E-state index in [0.29, 0.717) is 0 Å². The summed E-state index contributed by atoms with van der Waals surface area (Å²) in [5.74, 6) is 0. The van der Waals surface area contributed by atoms with Crippen LogP contribution >= 0.6 is 12.6 Å². The summed E-state index contributed by atoms with van der Waals surface area (Å²) in [7, 11) is 0. The molecule has 0 aliphatic heterocycles. The Morgan fingerprint density at radius 3 is 2.80 bits per heavy atom. The Morgan fingerprint density at radius 1 is 1.20 bits per heavy atom. The van der Waals surface area contributed by atoms with Crippen LogP contribution in [-0.4, -0.2) is 0 Å². The topological polar surface area (TPSA) is 0 Å². The molecular weight excluding hydrogens is 140 g/mol. The van der Waals surface area contributed by atoms with E-state index in [4.69, 9.17) is 12.6 Å². The van der Waals surface area contributed by atoms with E-state index in [1.807, 2.05) is 12.1 Å². The van der Waals surface area contributed by atoms with Crippen molar-refractivity contribution in [2.75, 3.05) is 0 Å². The molecule has 1 aliphatic carbocycles. The second-order valence-electron chi connectivity index (χ2n) is 2.41. The minimum atomic E-state index is 0.205. The van der Waals surface area contributed by atoms with Gasteiger partial charge < -0.3 is 0 Å². The summed E-state index contributed by atoms with van der Waals surface area (Å²) in [5, 5.41) is 0.205. The van der Waals surface area contributed by atoms with Gasteiger partial charge in [-0.3, -0.25) is 0 Å². The third-order valence-electron chi connectivity index (χ3n) is 1.75. The van der Waals surface area contributed by atoms with E-state index in [0.717, 1.165) is 0 Å². The molecule has 0 fully saturated rings. The Kier molecular flexibility index (Phi) is 1.31. The minimum Gasteiger partial charge on any atom is -0.0807 e. The van der Waals surface area contributed by atoms with Crippen LogP contribution in [0, 0.1) is 0 Å². The molecule has 0 heterocycles. The predicted octanol–water partition coefficient (Wildman–Crippen LogP) is 2.95. The first-order valence-corrected chi connectivity index (χ1v) is 3.78. The van der Waals surface area contributed by atoms with Crippen molar-refractivity contribution in [3.8, 4) is 0 Å². The van der Waals surface area contributed by atoms with Gasteiger partial charge >= 0.3 is 0 Å². The highest BCUT2D eigenvalue weighted by molar-refractivity contribution is 7.80.